The van der Waals surface area contributed by atoms with Gasteiger partial charge in [-0.25, -0.2) is 4.39 Å². The molecule has 0 amide bonds. The van der Waals surface area contributed by atoms with Crippen LogP contribution in [-0.2, 0) is 4.79 Å². The maximum absolute atomic E-state index is 13.5. The van der Waals surface area contributed by atoms with Crippen molar-refractivity contribution < 1.29 is 19.0 Å². The monoisotopic (exact) mass is 316 g/mol. The SMILES string of the molecule is CC(C)c1ccc(C(CCOc2ccccc2F)C(=O)O)cc1. The molecule has 0 bridgehead atoms. The van der Waals surface area contributed by atoms with Crippen molar-refractivity contribution in [3.63, 3.8) is 0 Å². The molecule has 1 atom stereocenters. The van der Waals surface area contributed by atoms with Gasteiger partial charge in [-0.15, -0.1) is 0 Å². The highest BCUT2D eigenvalue weighted by Crippen LogP contribution is 2.24. The fraction of sp³-hybridized carbons (Fsp3) is 0.316. The summed E-state index contributed by atoms with van der Waals surface area (Å²) in [7, 11) is 0. The Morgan fingerprint density at radius 3 is 2.26 bits per heavy atom. The topological polar surface area (TPSA) is 46.5 Å². The van der Waals surface area contributed by atoms with E-state index >= 15 is 0 Å². The second-order valence-corrected chi connectivity index (χ2v) is 5.78. The number of halogens is 1. The van der Waals surface area contributed by atoms with Gasteiger partial charge in [-0.05, 0) is 35.6 Å². The van der Waals surface area contributed by atoms with Gasteiger partial charge >= 0.3 is 5.97 Å². The minimum Gasteiger partial charge on any atom is -0.490 e. The third-order valence-corrected chi connectivity index (χ3v) is 3.80. The van der Waals surface area contributed by atoms with E-state index in [2.05, 4.69) is 13.8 Å². The van der Waals surface area contributed by atoms with Crippen LogP contribution in [0.4, 0.5) is 4.39 Å². The lowest BCUT2D eigenvalue weighted by atomic mass is 9.93. The summed E-state index contributed by atoms with van der Waals surface area (Å²) in [5.41, 5.74) is 1.90. The van der Waals surface area contributed by atoms with E-state index in [0.717, 1.165) is 5.56 Å². The lowest BCUT2D eigenvalue weighted by Gasteiger charge is -2.15. The quantitative estimate of drug-likeness (QED) is 0.813. The predicted octanol–water partition coefficient (Wildman–Crippen LogP) is 4.59. The van der Waals surface area contributed by atoms with Crippen LogP contribution in [0.25, 0.3) is 0 Å². The number of benzene rings is 2. The van der Waals surface area contributed by atoms with E-state index in [9.17, 15) is 14.3 Å². The van der Waals surface area contributed by atoms with Crippen molar-refractivity contribution in [3.05, 3.63) is 65.5 Å². The van der Waals surface area contributed by atoms with Gasteiger partial charge in [0.25, 0.3) is 0 Å². The first-order valence-corrected chi connectivity index (χ1v) is 7.69. The molecular formula is C19H21FO3. The van der Waals surface area contributed by atoms with Crippen molar-refractivity contribution in [2.75, 3.05) is 6.61 Å². The molecule has 122 valence electrons. The number of carbonyl (C=O) groups is 1. The van der Waals surface area contributed by atoms with Gasteiger partial charge in [0.15, 0.2) is 11.6 Å². The van der Waals surface area contributed by atoms with E-state index < -0.39 is 17.7 Å². The van der Waals surface area contributed by atoms with E-state index in [0.29, 0.717) is 5.92 Å². The Kier molecular flexibility index (Phi) is 5.74. The van der Waals surface area contributed by atoms with Gasteiger partial charge in [0.2, 0.25) is 0 Å². The summed E-state index contributed by atoms with van der Waals surface area (Å²) in [6.45, 7) is 4.32. The maximum atomic E-state index is 13.5. The average molecular weight is 316 g/mol. The number of aliphatic carboxylic acids is 1. The number of ether oxygens (including phenoxy) is 1. The third kappa shape index (κ3) is 4.55. The lowest BCUT2D eigenvalue weighted by molar-refractivity contribution is -0.139. The van der Waals surface area contributed by atoms with Gasteiger partial charge < -0.3 is 9.84 Å². The van der Waals surface area contributed by atoms with E-state index in [1.54, 1.807) is 12.1 Å². The molecule has 2 rings (SSSR count). The van der Waals surface area contributed by atoms with Crippen molar-refractivity contribution in [2.45, 2.75) is 32.1 Å². The van der Waals surface area contributed by atoms with Crippen LogP contribution >= 0.6 is 0 Å². The van der Waals surface area contributed by atoms with Crippen LogP contribution < -0.4 is 4.74 Å². The molecule has 1 N–H and O–H groups in total. The Morgan fingerprint density at radius 2 is 1.70 bits per heavy atom. The van der Waals surface area contributed by atoms with Gasteiger partial charge in [0.1, 0.15) is 0 Å². The Bertz CT molecular complexity index is 650. The molecule has 0 aliphatic heterocycles. The van der Waals surface area contributed by atoms with Gasteiger partial charge in [0, 0.05) is 0 Å². The average Bonchev–Trinajstić information content (AvgIpc) is 2.53. The van der Waals surface area contributed by atoms with E-state index in [4.69, 9.17) is 4.74 Å². The minimum absolute atomic E-state index is 0.143. The molecule has 4 heteroatoms. The molecule has 3 nitrogen and oxygen atoms in total. The fourth-order valence-electron chi connectivity index (χ4n) is 2.39. The Morgan fingerprint density at radius 1 is 1.09 bits per heavy atom. The molecule has 2 aromatic carbocycles. The van der Waals surface area contributed by atoms with Gasteiger partial charge in [-0.1, -0.05) is 50.2 Å². The molecule has 0 heterocycles. The smallest absolute Gasteiger partial charge is 0.311 e. The molecule has 0 aromatic heterocycles. The zero-order valence-corrected chi connectivity index (χ0v) is 13.3. The number of hydrogen-bond acceptors (Lipinski definition) is 2. The molecule has 0 saturated heterocycles. The summed E-state index contributed by atoms with van der Waals surface area (Å²) in [6, 6.07) is 13.7. The number of rotatable bonds is 7. The number of carboxylic acid groups (broad SMARTS) is 1. The number of carboxylic acids is 1. The summed E-state index contributed by atoms with van der Waals surface area (Å²) < 4.78 is 18.8. The first kappa shape index (κ1) is 17.0. The molecule has 0 spiro atoms. The van der Waals surface area contributed by atoms with Crippen LogP contribution in [0, 0.1) is 5.82 Å². The molecular weight excluding hydrogens is 295 g/mol. The highest BCUT2D eigenvalue weighted by molar-refractivity contribution is 5.76. The number of para-hydroxylation sites is 1. The van der Waals surface area contributed by atoms with Gasteiger partial charge in [0.05, 0.1) is 12.5 Å². The van der Waals surface area contributed by atoms with Crippen molar-refractivity contribution in [2.24, 2.45) is 0 Å². The Balaban J connectivity index is 2.01. The summed E-state index contributed by atoms with van der Waals surface area (Å²) in [6.07, 6.45) is 0.282. The van der Waals surface area contributed by atoms with Crippen LogP contribution in [0.2, 0.25) is 0 Å². The first-order chi connectivity index (χ1) is 11.0. The summed E-state index contributed by atoms with van der Waals surface area (Å²) in [4.78, 5) is 11.5. The molecule has 0 saturated carbocycles. The summed E-state index contributed by atoms with van der Waals surface area (Å²) in [5.74, 6) is -1.47. The largest absolute Gasteiger partial charge is 0.490 e. The second-order valence-electron chi connectivity index (χ2n) is 5.78. The molecule has 0 radical (unpaired) electrons. The first-order valence-electron chi connectivity index (χ1n) is 7.69. The van der Waals surface area contributed by atoms with Crippen molar-refractivity contribution >= 4 is 5.97 Å². The molecule has 2 aromatic rings. The second kappa shape index (κ2) is 7.77. The Labute approximate surface area is 135 Å². The highest BCUT2D eigenvalue weighted by Gasteiger charge is 2.20. The molecule has 0 fully saturated rings. The molecule has 0 aliphatic rings. The normalized spacial score (nSPS) is 12.2. The van der Waals surface area contributed by atoms with E-state index in [-0.39, 0.29) is 18.8 Å². The van der Waals surface area contributed by atoms with Crippen molar-refractivity contribution in [1.82, 2.24) is 0 Å². The van der Waals surface area contributed by atoms with Crippen LogP contribution in [0.3, 0.4) is 0 Å². The van der Waals surface area contributed by atoms with Crippen LogP contribution in [-0.4, -0.2) is 17.7 Å². The van der Waals surface area contributed by atoms with Crippen LogP contribution in [0.5, 0.6) is 5.75 Å². The minimum atomic E-state index is -0.903. The highest BCUT2D eigenvalue weighted by atomic mass is 19.1. The molecule has 1 unspecified atom stereocenters. The number of hydrogen-bond donors (Lipinski definition) is 1. The standard InChI is InChI=1S/C19H21FO3/c1-13(2)14-7-9-15(10-8-14)16(19(21)22)11-12-23-18-6-4-3-5-17(18)20/h3-10,13,16H,11-12H2,1-2H3,(H,21,22). The van der Waals surface area contributed by atoms with Gasteiger partial charge in [-0.2, -0.15) is 0 Å². The summed E-state index contributed by atoms with van der Waals surface area (Å²) >= 11 is 0. The zero-order valence-electron chi connectivity index (χ0n) is 13.3. The summed E-state index contributed by atoms with van der Waals surface area (Å²) in [5, 5.41) is 9.43. The Hall–Kier alpha value is -2.36. The maximum Gasteiger partial charge on any atom is 0.311 e. The predicted molar refractivity (Wildman–Crippen MR) is 87.4 cm³/mol. The lowest BCUT2D eigenvalue weighted by Crippen LogP contribution is -2.15. The van der Waals surface area contributed by atoms with E-state index in [1.807, 2.05) is 24.3 Å². The van der Waals surface area contributed by atoms with Crippen LogP contribution in [0.15, 0.2) is 48.5 Å². The van der Waals surface area contributed by atoms with Crippen molar-refractivity contribution in [1.29, 1.82) is 0 Å². The van der Waals surface area contributed by atoms with Crippen LogP contribution in [0.1, 0.15) is 43.2 Å². The zero-order chi connectivity index (χ0) is 16.8. The van der Waals surface area contributed by atoms with Gasteiger partial charge in [-0.3, -0.25) is 4.79 Å². The molecule has 0 aliphatic carbocycles. The fourth-order valence-corrected chi connectivity index (χ4v) is 2.39. The van der Waals surface area contributed by atoms with E-state index in [1.165, 1.54) is 17.7 Å². The molecule has 23 heavy (non-hydrogen) atoms. The third-order valence-electron chi connectivity index (χ3n) is 3.80. The van der Waals surface area contributed by atoms with Crippen molar-refractivity contribution in [3.8, 4) is 5.75 Å².